The van der Waals surface area contributed by atoms with Crippen molar-refractivity contribution in [2.75, 3.05) is 13.2 Å². The van der Waals surface area contributed by atoms with Gasteiger partial charge < -0.3 is 20.3 Å². The van der Waals surface area contributed by atoms with Crippen LogP contribution in [-0.4, -0.2) is 41.8 Å². The maximum absolute atomic E-state index is 12.8. The van der Waals surface area contributed by atoms with E-state index >= 15 is 0 Å². The second kappa shape index (κ2) is 12.2. The Labute approximate surface area is 174 Å². The molecule has 1 rings (SSSR count). The van der Waals surface area contributed by atoms with Crippen molar-refractivity contribution < 1.29 is 29.0 Å². The van der Waals surface area contributed by atoms with Gasteiger partial charge in [-0.05, 0) is 65.3 Å². The van der Waals surface area contributed by atoms with Crippen molar-refractivity contribution in [2.24, 2.45) is 29.4 Å². The molecule has 1 saturated carbocycles. The average Bonchev–Trinajstić information content (AvgIpc) is 2.63. The third-order valence-corrected chi connectivity index (χ3v) is 5.62. The van der Waals surface area contributed by atoms with Gasteiger partial charge in [0.1, 0.15) is 5.60 Å². The normalized spacial score (nSPS) is 18.5. The van der Waals surface area contributed by atoms with E-state index in [1.54, 1.807) is 6.92 Å². The molecule has 0 radical (unpaired) electrons. The second-order valence-electron chi connectivity index (χ2n) is 9.08. The van der Waals surface area contributed by atoms with E-state index in [1.165, 1.54) is 19.3 Å². The van der Waals surface area contributed by atoms with Crippen LogP contribution in [-0.2, 0) is 23.9 Å². The van der Waals surface area contributed by atoms with E-state index in [9.17, 15) is 19.5 Å². The summed E-state index contributed by atoms with van der Waals surface area (Å²) in [5.41, 5.74) is 5.42. The van der Waals surface area contributed by atoms with Gasteiger partial charge in [-0.25, -0.2) is 0 Å². The van der Waals surface area contributed by atoms with Crippen LogP contribution in [0, 0.1) is 23.7 Å². The molecule has 3 unspecified atom stereocenters. The van der Waals surface area contributed by atoms with Gasteiger partial charge in [0.05, 0.1) is 12.5 Å². The Morgan fingerprint density at radius 3 is 2.17 bits per heavy atom. The highest BCUT2D eigenvalue weighted by molar-refractivity contribution is 5.93. The van der Waals surface area contributed by atoms with E-state index < -0.39 is 29.4 Å². The molecule has 29 heavy (non-hydrogen) atoms. The Morgan fingerprint density at radius 1 is 1.07 bits per heavy atom. The summed E-state index contributed by atoms with van der Waals surface area (Å²) in [6, 6.07) is 0. The van der Waals surface area contributed by atoms with Gasteiger partial charge in [-0.1, -0.05) is 32.1 Å². The van der Waals surface area contributed by atoms with Crippen LogP contribution >= 0.6 is 0 Å². The molecule has 7 nitrogen and oxygen atoms in total. The molecule has 0 aromatic carbocycles. The largest absolute Gasteiger partial charge is 0.481 e. The van der Waals surface area contributed by atoms with Crippen LogP contribution in [0.2, 0.25) is 0 Å². The maximum atomic E-state index is 12.8. The first-order valence-electron chi connectivity index (χ1n) is 10.9. The third kappa shape index (κ3) is 9.15. The Hall–Kier alpha value is -1.63. The van der Waals surface area contributed by atoms with Crippen molar-refractivity contribution in [3.63, 3.8) is 0 Å². The summed E-state index contributed by atoms with van der Waals surface area (Å²) in [6.45, 7) is 7.67. The van der Waals surface area contributed by atoms with Crippen molar-refractivity contribution in [2.45, 2.75) is 84.7 Å². The van der Waals surface area contributed by atoms with Crippen molar-refractivity contribution >= 4 is 17.9 Å². The molecule has 3 N–H and O–H groups in total. The molecule has 0 heterocycles. The van der Waals surface area contributed by atoms with Crippen molar-refractivity contribution in [3.05, 3.63) is 0 Å². The van der Waals surface area contributed by atoms with Gasteiger partial charge in [0.25, 0.3) is 0 Å². The molecule has 0 bridgehead atoms. The second-order valence-corrected chi connectivity index (χ2v) is 9.08. The van der Waals surface area contributed by atoms with E-state index in [0.29, 0.717) is 18.9 Å². The Kier molecular flexibility index (Phi) is 10.6. The Balaban J connectivity index is 2.89. The highest BCUT2D eigenvalue weighted by Crippen LogP contribution is 2.35. The number of carboxylic acids is 1. The quantitative estimate of drug-likeness (QED) is 0.393. The predicted octanol–water partition coefficient (Wildman–Crippen LogP) is 3.53. The first kappa shape index (κ1) is 25.4. The molecule has 0 aromatic rings. The first-order valence-corrected chi connectivity index (χ1v) is 10.9. The van der Waals surface area contributed by atoms with Gasteiger partial charge in [0.15, 0.2) is 5.92 Å². The zero-order valence-corrected chi connectivity index (χ0v) is 18.4. The number of carboxylic acid groups (broad SMARTS) is 1. The number of ether oxygens (including phenoxy) is 2. The van der Waals surface area contributed by atoms with Gasteiger partial charge in [-0.2, -0.15) is 0 Å². The van der Waals surface area contributed by atoms with Crippen LogP contribution in [0.25, 0.3) is 0 Å². The maximum Gasteiger partial charge on any atom is 0.320 e. The fourth-order valence-corrected chi connectivity index (χ4v) is 4.12. The number of carbonyl (C=O) groups is 3. The van der Waals surface area contributed by atoms with Crippen LogP contribution in [0.4, 0.5) is 0 Å². The molecule has 0 saturated heterocycles. The van der Waals surface area contributed by atoms with Crippen LogP contribution in [0.15, 0.2) is 0 Å². The lowest BCUT2D eigenvalue weighted by Crippen LogP contribution is -2.34. The van der Waals surface area contributed by atoms with E-state index in [1.807, 2.05) is 20.8 Å². The topological polar surface area (TPSA) is 116 Å². The molecule has 0 amide bonds. The summed E-state index contributed by atoms with van der Waals surface area (Å²) < 4.78 is 10.5. The number of aliphatic carboxylic acids is 1. The molecule has 3 atom stereocenters. The Bertz CT molecular complexity index is 536. The number of hydrogen-bond donors (Lipinski definition) is 2. The van der Waals surface area contributed by atoms with E-state index in [4.69, 9.17) is 15.2 Å². The molecule has 168 valence electrons. The minimum absolute atomic E-state index is 0.0417. The molecule has 0 spiro atoms. The fraction of sp³-hybridized carbons (Fsp3) is 0.864. The fourth-order valence-electron chi connectivity index (χ4n) is 4.12. The summed E-state index contributed by atoms with van der Waals surface area (Å²) in [5.74, 6) is -3.41. The van der Waals surface area contributed by atoms with Crippen LogP contribution in [0.3, 0.4) is 0 Å². The van der Waals surface area contributed by atoms with Crippen molar-refractivity contribution in [3.8, 4) is 0 Å². The van der Waals surface area contributed by atoms with Gasteiger partial charge in [0.2, 0.25) is 0 Å². The highest BCUT2D eigenvalue weighted by Gasteiger charge is 2.34. The van der Waals surface area contributed by atoms with Crippen molar-refractivity contribution in [1.82, 2.24) is 0 Å². The summed E-state index contributed by atoms with van der Waals surface area (Å²) in [6.07, 6.45) is 6.69. The summed E-state index contributed by atoms with van der Waals surface area (Å²) in [7, 11) is 0. The van der Waals surface area contributed by atoms with E-state index in [-0.39, 0.29) is 31.3 Å². The summed E-state index contributed by atoms with van der Waals surface area (Å²) in [5, 5.41) is 9.40. The summed E-state index contributed by atoms with van der Waals surface area (Å²) >= 11 is 0. The SMILES string of the molecule is CCOC(=O)C(CCC(CC(CN)C1CCCCC1)C(=O)OC(C)(C)C)C(=O)O. The molecular weight excluding hydrogens is 374 g/mol. The minimum Gasteiger partial charge on any atom is -0.481 e. The van der Waals surface area contributed by atoms with E-state index in [0.717, 1.165) is 12.8 Å². The number of rotatable bonds is 11. The van der Waals surface area contributed by atoms with E-state index in [2.05, 4.69) is 0 Å². The van der Waals surface area contributed by atoms with Gasteiger partial charge in [-0.15, -0.1) is 0 Å². The molecule has 0 aliphatic heterocycles. The van der Waals surface area contributed by atoms with Crippen LogP contribution in [0.5, 0.6) is 0 Å². The smallest absolute Gasteiger partial charge is 0.320 e. The molecule has 1 fully saturated rings. The van der Waals surface area contributed by atoms with Crippen LogP contribution < -0.4 is 5.73 Å². The zero-order valence-electron chi connectivity index (χ0n) is 18.4. The molecule has 0 aromatic heterocycles. The zero-order chi connectivity index (χ0) is 22.0. The minimum atomic E-state index is -1.27. The predicted molar refractivity (Wildman–Crippen MR) is 110 cm³/mol. The lowest BCUT2D eigenvalue weighted by molar-refractivity contribution is -0.164. The molecule has 1 aliphatic rings. The summed E-state index contributed by atoms with van der Waals surface area (Å²) in [4.78, 5) is 36.3. The Morgan fingerprint density at radius 2 is 1.69 bits per heavy atom. The van der Waals surface area contributed by atoms with Gasteiger partial charge >= 0.3 is 17.9 Å². The number of esters is 2. The van der Waals surface area contributed by atoms with Gasteiger partial charge in [-0.3, -0.25) is 14.4 Å². The third-order valence-electron chi connectivity index (χ3n) is 5.62. The lowest BCUT2D eigenvalue weighted by Gasteiger charge is -2.32. The number of carbonyl (C=O) groups excluding carboxylic acids is 2. The van der Waals surface area contributed by atoms with Gasteiger partial charge in [0, 0.05) is 0 Å². The lowest BCUT2D eigenvalue weighted by atomic mass is 9.75. The molecule has 7 heteroatoms. The first-order chi connectivity index (χ1) is 13.6. The molecule has 1 aliphatic carbocycles. The number of nitrogens with two attached hydrogens (primary N) is 1. The molecular formula is C22H39NO6. The monoisotopic (exact) mass is 413 g/mol. The standard InChI is InChI=1S/C22H39NO6/c1-5-28-21(27)18(19(24)25)12-11-16(20(26)29-22(2,3)4)13-17(14-23)15-9-7-6-8-10-15/h15-18H,5-14,23H2,1-4H3,(H,24,25). The highest BCUT2D eigenvalue weighted by atomic mass is 16.6. The number of hydrogen-bond acceptors (Lipinski definition) is 6. The van der Waals surface area contributed by atoms with Crippen molar-refractivity contribution in [1.29, 1.82) is 0 Å². The average molecular weight is 414 g/mol. The van der Waals surface area contributed by atoms with Crippen LogP contribution in [0.1, 0.15) is 79.1 Å².